The standard InChI is InChI=1S/C23H25Cl2NO4/c1-2-15-3-6-19(24)17(22(15)25)13-29-16-4-5-18-20(11-16)30-14-23(18)7-9-26(10-8-23)12-21(27)28/h3-6,11H,2,7-10,12-14H2,1H3,(H,27,28). The lowest BCUT2D eigenvalue weighted by atomic mass is 9.74. The summed E-state index contributed by atoms with van der Waals surface area (Å²) in [5.41, 5.74) is 2.99. The average Bonchev–Trinajstić information content (AvgIpc) is 3.07. The molecule has 0 radical (unpaired) electrons. The van der Waals surface area contributed by atoms with E-state index in [0.29, 0.717) is 29.0 Å². The molecule has 30 heavy (non-hydrogen) atoms. The third-order valence-corrected chi connectivity index (χ3v) is 7.06. The van der Waals surface area contributed by atoms with Crippen molar-refractivity contribution >= 4 is 29.2 Å². The Bertz CT molecular complexity index is 954. The van der Waals surface area contributed by atoms with Gasteiger partial charge in [0.2, 0.25) is 0 Å². The van der Waals surface area contributed by atoms with Gasteiger partial charge in [-0.25, -0.2) is 0 Å². The van der Waals surface area contributed by atoms with Gasteiger partial charge in [-0.15, -0.1) is 0 Å². The van der Waals surface area contributed by atoms with Crippen molar-refractivity contribution in [1.82, 2.24) is 4.90 Å². The van der Waals surface area contributed by atoms with Gasteiger partial charge in [0.15, 0.2) is 0 Å². The Balaban J connectivity index is 1.46. The number of carboxylic acids is 1. The molecule has 2 aliphatic heterocycles. The zero-order valence-electron chi connectivity index (χ0n) is 16.9. The number of hydrogen-bond acceptors (Lipinski definition) is 4. The van der Waals surface area contributed by atoms with Crippen LogP contribution in [0.1, 0.15) is 36.5 Å². The number of nitrogens with zero attached hydrogens (tertiary/aromatic N) is 1. The van der Waals surface area contributed by atoms with Crippen molar-refractivity contribution in [3.8, 4) is 11.5 Å². The van der Waals surface area contributed by atoms with Crippen LogP contribution in [-0.4, -0.2) is 42.2 Å². The van der Waals surface area contributed by atoms with E-state index in [1.807, 2.05) is 29.2 Å². The lowest BCUT2D eigenvalue weighted by molar-refractivity contribution is -0.138. The number of carboxylic acid groups (broad SMARTS) is 1. The van der Waals surface area contributed by atoms with E-state index < -0.39 is 5.97 Å². The summed E-state index contributed by atoms with van der Waals surface area (Å²) in [4.78, 5) is 12.9. The van der Waals surface area contributed by atoms with Gasteiger partial charge in [0.1, 0.15) is 18.1 Å². The van der Waals surface area contributed by atoms with Crippen molar-refractivity contribution < 1.29 is 19.4 Å². The second-order valence-corrected chi connectivity index (χ2v) is 8.82. The summed E-state index contributed by atoms with van der Waals surface area (Å²) in [6, 6.07) is 9.77. The van der Waals surface area contributed by atoms with Crippen LogP contribution < -0.4 is 9.47 Å². The molecule has 5 nitrogen and oxygen atoms in total. The summed E-state index contributed by atoms with van der Waals surface area (Å²) in [6.07, 6.45) is 2.62. The maximum Gasteiger partial charge on any atom is 0.317 e. The molecule has 1 spiro atoms. The highest BCUT2D eigenvalue weighted by molar-refractivity contribution is 6.36. The van der Waals surface area contributed by atoms with Gasteiger partial charge in [-0.2, -0.15) is 0 Å². The molecule has 4 rings (SSSR count). The average molecular weight is 450 g/mol. The molecule has 0 aromatic heterocycles. The monoisotopic (exact) mass is 449 g/mol. The minimum atomic E-state index is -0.777. The van der Waals surface area contributed by atoms with Gasteiger partial charge < -0.3 is 14.6 Å². The van der Waals surface area contributed by atoms with E-state index in [0.717, 1.165) is 49.2 Å². The number of carbonyl (C=O) groups is 1. The molecule has 160 valence electrons. The van der Waals surface area contributed by atoms with Crippen molar-refractivity contribution in [3.05, 3.63) is 57.1 Å². The Kier molecular flexibility index (Phi) is 6.14. The smallest absolute Gasteiger partial charge is 0.317 e. The number of halogens is 2. The lowest BCUT2D eigenvalue weighted by Gasteiger charge is -2.37. The number of aliphatic carboxylic acids is 1. The maximum atomic E-state index is 11.0. The minimum Gasteiger partial charge on any atom is -0.492 e. The molecule has 2 aromatic rings. The molecule has 7 heteroatoms. The fourth-order valence-corrected chi connectivity index (χ4v) is 5.01. The SMILES string of the molecule is CCc1ccc(Cl)c(COc2ccc3c(c2)OCC32CCN(CC(=O)O)CC2)c1Cl. The largest absolute Gasteiger partial charge is 0.492 e. The Morgan fingerprint density at radius 3 is 2.70 bits per heavy atom. The summed E-state index contributed by atoms with van der Waals surface area (Å²) in [5, 5.41) is 10.3. The normalized spacial score (nSPS) is 17.6. The third kappa shape index (κ3) is 4.11. The van der Waals surface area contributed by atoms with Gasteiger partial charge in [-0.1, -0.05) is 42.3 Å². The molecule has 0 atom stereocenters. The second-order valence-electron chi connectivity index (χ2n) is 8.04. The van der Waals surface area contributed by atoms with Gasteiger partial charge in [-0.3, -0.25) is 9.69 Å². The molecule has 1 fully saturated rings. The molecule has 0 unspecified atom stereocenters. The van der Waals surface area contributed by atoms with Crippen LogP contribution in [0.25, 0.3) is 0 Å². The number of ether oxygens (including phenoxy) is 2. The zero-order chi connectivity index (χ0) is 21.3. The van der Waals surface area contributed by atoms with Gasteiger partial charge in [0.05, 0.1) is 18.2 Å². The van der Waals surface area contributed by atoms with Crippen LogP contribution >= 0.6 is 23.2 Å². The first-order chi connectivity index (χ1) is 14.4. The quantitative estimate of drug-likeness (QED) is 0.675. The summed E-state index contributed by atoms with van der Waals surface area (Å²) < 4.78 is 12.0. The van der Waals surface area contributed by atoms with Crippen LogP contribution in [0.15, 0.2) is 30.3 Å². The first kappa shape index (κ1) is 21.3. The number of likely N-dealkylation sites (tertiary alicyclic amines) is 1. The highest BCUT2D eigenvalue weighted by Gasteiger charge is 2.43. The van der Waals surface area contributed by atoms with Gasteiger partial charge in [0.25, 0.3) is 0 Å². The van der Waals surface area contributed by atoms with Crippen LogP contribution in [0, 0.1) is 0 Å². The van der Waals surface area contributed by atoms with E-state index in [-0.39, 0.29) is 12.0 Å². The highest BCUT2D eigenvalue weighted by Crippen LogP contribution is 2.46. The van der Waals surface area contributed by atoms with E-state index in [4.69, 9.17) is 37.8 Å². The molecular formula is C23H25Cl2NO4. The molecule has 0 bridgehead atoms. The summed E-state index contributed by atoms with van der Waals surface area (Å²) in [6.45, 7) is 4.60. The van der Waals surface area contributed by atoms with E-state index in [2.05, 4.69) is 13.0 Å². The van der Waals surface area contributed by atoms with E-state index in [1.165, 1.54) is 5.56 Å². The summed E-state index contributed by atoms with van der Waals surface area (Å²) in [5.74, 6) is 0.780. The predicted octanol–water partition coefficient (Wildman–Crippen LogP) is 4.95. The Hall–Kier alpha value is -1.95. The van der Waals surface area contributed by atoms with Gasteiger partial charge in [-0.05, 0) is 50.0 Å². The van der Waals surface area contributed by atoms with E-state index >= 15 is 0 Å². The van der Waals surface area contributed by atoms with Gasteiger partial charge >= 0.3 is 5.97 Å². The van der Waals surface area contributed by atoms with Crippen molar-refractivity contribution in [3.63, 3.8) is 0 Å². The first-order valence-electron chi connectivity index (χ1n) is 10.2. The predicted molar refractivity (Wildman–Crippen MR) is 117 cm³/mol. The van der Waals surface area contributed by atoms with Crippen molar-refractivity contribution in [2.45, 2.75) is 38.2 Å². The van der Waals surface area contributed by atoms with Gasteiger partial charge in [0, 0.05) is 27.6 Å². The van der Waals surface area contributed by atoms with Crippen LogP contribution in [0.3, 0.4) is 0 Å². The van der Waals surface area contributed by atoms with Crippen molar-refractivity contribution in [2.24, 2.45) is 0 Å². The molecule has 2 heterocycles. The van der Waals surface area contributed by atoms with Crippen LogP contribution in [0.4, 0.5) is 0 Å². The number of benzene rings is 2. The molecule has 2 aromatic carbocycles. The molecular weight excluding hydrogens is 425 g/mol. The Morgan fingerprint density at radius 2 is 2.00 bits per heavy atom. The molecule has 0 saturated carbocycles. The van der Waals surface area contributed by atoms with E-state index in [1.54, 1.807) is 0 Å². The second kappa shape index (κ2) is 8.66. The number of rotatable bonds is 6. The van der Waals surface area contributed by atoms with E-state index in [9.17, 15) is 4.79 Å². The highest BCUT2D eigenvalue weighted by atomic mass is 35.5. The first-order valence-corrected chi connectivity index (χ1v) is 11.0. The summed E-state index contributed by atoms with van der Waals surface area (Å²) >= 11 is 12.8. The molecule has 1 N–H and O–H groups in total. The molecule has 2 aliphatic rings. The molecule has 0 amide bonds. The number of fused-ring (bicyclic) bond motifs is 2. The number of hydrogen-bond donors (Lipinski definition) is 1. The summed E-state index contributed by atoms with van der Waals surface area (Å²) in [7, 11) is 0. The topological polar surface area (TPSA) is 59.0 Å². The van der Waals surface area contributed by atoms with Crippen LogP contribution in [0.2, 0.25) is 10.0 Å². The maximum absolute atomic E-state index is 11.0. The Morgan fingerprint density at radius 1 is 1.23 bits per heavy atom. The zero-order valence-corrected chi connectivity index (χ0v) is 18.4. The van der Waals surface area contributed by atoms with Crippen molar-refractivity contribution in [2.75, 3.05) is 26.2 Å². The fourth-order valence-electron chi connectivity index (χ4n) is 4.39. The number of aryl methyl sites for hydroxylation is 1. The van der Waals surface area contributed by atoms with Crippen LogP contribution in [0.5, 0.6) is 11.5 Å². The number of piperidine rings is 1. The molecule has 1 saturated heterocycles. The third-order valence-electron chi connectivity index (χ3n) is 6.23. The van der Waals surface area contributed by atoms with Crippen LogP contribution in [-0.2, 0) is 23.2 Å². The Labute approximate surface area is 186 Å². The fraction of sp³-hybridized carbons (Fsp3) is 0.435. The van der Waals surface area contributed by atoms with Crippen molar-refractivity contribution in [1.29, 1.82) is 0 Å². The molecule has 0 aliphatic carbocycles. The lowest BCUT2D eigenvalue weighted by Crippen LogP contribution is -2.45. The minimum absolute atomic E-state index is 0.0368.